The number of fused-ring (bicyclic) bond motifs is 1. The van der Waals surface area contributed by atoms with Crippen molar-refractivity contribution in [3.8, 4) is 5.75 Å². The van der Waals surface area contributed by atoms with Gasteiger partial charge in [0.2, 0.25) is 0 Å². The highest BCUT2D eigenvalue weighted by Gasteiger charge is 2.15. The van der Waals surface area contributed by atoms with Gasteiger partial charge in [0, 0.05) is 17.7 Å². The summed E-state index contributed by atoms with van der Waals surface area (Å²) in [5.41, 5.74) is 8.37. The van der Waals surface area contributed by atoms with Gasteiger partial charge >= 0.3 is 0 Å². The molecule has 2 aromatic rings. The molecule has 102 valence electrons. The van der Waals surface area contributed by atoms with E-state index in [1.807, 2.05) is 12.1 Å². The van der Waals surface area contributed by atoms with Crippen LogP contribution in [0.1, 0.15) is 15.9 Å². The molecule has 1 aliphatic rings. The Kier molecular flexibility index (Phi) is 3.24. The zero-order valence-electron chi connectivity index (χ0n) is 10.7. The maximum atomic E-state index is 12.2. The van der Waals surface area contributed by atoms with Gasteiger partial charge < -0.3 is 15.8 Å². The molecule has 0 fully saturated rings. The lowest BCUT2D eigenvalue weighted by Gasteiger charge is -2.09. The molecular formula is C15H13ClN2O2. The molecule has 0 aliphatic carbocycles. The number of anilines is 2. The minimum absolute atomic E-state index is 0.216. The van der Waals surface area contributed by atoms with Crippen molar-refractivity contribution in [3.63, 3.8) is 0 Å². The average molecular weight is 289 g/mol. The second-order valence-electron chi connectivity index (χ2n) is 4.61. The van der Waals surface area contributed by atoms with Crippen LogP contribution in [0.2, 0.25) is 5.02 Å². The Bertz CT molecular complexity index is 686. The molecule has 5 heteroatoms. The number of nitrogens with one attached hydrogen (secondary N) is 1. The van der Waals surface area contributed by atoms with Crippen LogP contribution in [0.15, 0.2) is 36.4 Å². The maximum absolute atomic E-state index is 12.2. The zero-order chi connectivity index (χ0) is 14.1. The van der Waals surface area contributed by atoms with Gasteiger partial charge in [0.1, 0.15) is 5.75 Å². The topological polar surface area (TPSA) is 64.3 Å². The molecule has 0 saturated carbocycles. The molecule has 2 aromatic carbocycles. The fourth-order valence-electron chi connectivity index (χ4n) is 2.16. The summed E-state index contributed by atoms with van der Waals surface area (Å²) in [5, 5.41) is 3.22. The molecule has 0 spiro atoms. The molecule has 3 rings (SSSR count). The van der Waals surface area contributed by atoms with Crippen LogP contribution in [0, 0.1) is 0 Å². The fraction of sp³-hybridized carbons (Fsp3) is 0.133. The first-order chi connectivity index (χ1) is 9.63. The number of ether oxygens (including phenoxy) is 1. The van der Waals surface area contributed by atoms with Crippen molar-refractivity contribution < 1.29 is 9.53 Å². The van der Waals surface area contributed by atoms with E-state index in [1.54, 1.807) is 24.3 Å². The lowest BCUT2D eigenvalue weighted by Crippen LogP contribution is -2.12. The number of hydrogen-bond donors (Lipinski definition) is 2. The number of amides is 1. The molecule has 4 nitrogen and oxygen atoms in total. The van der Waals surface area contributed by atoms with Gasteiger partial charge in [-0.3, -0.25) is 4.79 Å². The predicted molar refractivity (Wildman–Crippen MR) is 79.5 cm³/mol. The van der Waals surface area contributed by atoms with Gasteiger partial charge in [0.15, 0.2) is 0 Å². The largest absolute Gasteiger partial charge is 0.493 e. The smallest absolute Gasteiger partial charge is 0.255 e. The van der Waals surface area contributed by atoms with Crippen LogP contribution in [0.3, 0.4) is 0 Å². The molecule has 0 radical (unpaired) electrons. The predicted octanol–water partition coefficient (Wildman–Crippen LogP) is 3.11. The summed E-state index contributed by atoms with van der Waals surface area (Å²) in [7, 11) is 0. The van der Waals surface area contributed by atoms with Crippen molar-refractivity contribution in [3.05, 3.63) is 52.5 Å². The number of carbonyl (C=O) groups is 1. The van der Waals surface area contributed by atoms with E-state index < -0.39 is 0 Å². The molecule has 1 heterocycles. The third kappa shape index (κ3) is 2.42. The van der Waals surface area contributed by atoms with E-state index in [0.29, 0.717) is 28.6 Å². The van der Waals surface area contributed by atoms with Crippen molar-refractivity contribution in [2.24, 2.45) is 0 Å². The minimum Gasteiger partial charge on any atom is -0.493 e. The normalized spacial score (nSPS) is 12.7. The monoisotopic (exact) mass is 288 g/mol. The van der Waals surface area contributed by atoms with Gasteiger partial charge in [-0.15, -0.1) is 0 Å². The SMILES string of the molecule is Nc1ccc(Cl)c(NC(=O)c2ccc3c(c2)CCO3)c1. The van der Waals surface area contributed by atoms with Crippen LogP contribution in [-0.2, 0) is 6.42 Å². The molecule has 1 aliphatic heterocycles. The zero-order valence-corrected chi connectivity index (χ0v) is 11.4. The molecule has 0 aromatic heterocycles. The van der Waals surface area contributed by atoms with Crippen molar-refractivity contribution >= 4 is 28.9 Å². The number of halogens is 1. The lowest BCUT2D eigenvalue weighted by molar-refractivity contribution is 0.102. The van der Waals surface area contributed by atoms with Crippen LogP contribution < -0.4 is 15.8 Å². The van der Waals surface area contributed by atoms with E-state index in [0.717, 1.165) is 17.7 Å². The molecule has 0 bridgehead atoms. The summed E-state index contributed by atoms with van der Waals surface area (Å²) in [5.74, 6) is 0.635. The van der Waals surface area contributed by atoms with Crippen molar-refractivity contribution in [2.45, 2.75) is 6.42 Å². The Balaban J connectivity index is 1.84. The average Bonchev–Trinajstić information content (AvgIpc) is 2.90. The number of benzene rings is 2. The number of carbonyl (C=O) groups excluding carboxylic acids is 1. The van der Waals surface area contributed by atoms with E-state index in [4.69, 9.17) is 22.1 Å². The van der Waals surface area contributed by atoms with Crippen molar-refractivity contribution in [2.75, 3.05) is 17.7 Å². The summed E-state index contributed by atoms with van der Waals surface area (Å²) in [4.78, 5) is 12.2. The summed E-state index contributed by atoms with van der Waals surface area (Å²) < 4.78 is 5.42. The molecule has 1 amide bonds. The summed E-state index contributed by atoms with van der Waals surface area (Å²) in [6.07, 6.45) is 0.829. The van der Waals surface area contributed by atoms with Crippen LogP contribution >= 0.6 is 11.6 Å². The Morgan fingerprint density at radius 1 is 1.25 bits per heavy atom. The van der Waals surface area contributed by atoms with Crippen LogP contribution in [0.5, 0.6) is 5.75 Å². The molecule has 3 N–H and O–H groups in total. The Morgan fingerprint density at radius 2 is 2.10 bits per heavy atom. The summed E-state index contributed by atoms with van der Waals surface area (Å²) in [6.45, 7) is 0.668. The van der Waals surface area contributed by atoms with E-state index in [-0.39, 0.29) is 5.91 Å². The molecule has 0 saturated heterocycles. The standard InChI is InChI=1S/C15H13ClN2O2/c16-12-3-2-11(17)8-13(12)18-15(19)10-1-4-14-9(7-10)5-6-20-14/h1-4,7-8H,5-6,17H2,(H,18,19). The van der Waals surface area contributed by atoms with Gasteiger partial charge in [-0.2, -0.15) is 0 Å². The first-order valence-electron chi connectivity index (χ1n) is 6.25. The highest BCUT2D eigenvalue weighted by atomic mass is 35.5. The van der Waals surface area contributed by atoms with Crippen LogP contribution in [-0.4, -0.2) is 12.5 Å². The highest BCUT2D eigenvalue weighted by Crippen LogP contribution is 2.28. The van der Waals surface area contributed by atoms with E-state index in [2.05, 4.69) is 5.32 Å². The van der Waals surface area contributed by atoms with Crippen LogP contribution in [0.25, 0.3) is 0 Å². The lowest BCUT2D eigenvalue weighted by atomic mass is 10.1. The van der Waals surface area contributed by atoms with Gasteiger partial charge in [0.25, 0.3) is 5.91 Å². The minimum atomic E-state index is -0.216. The van der Waals surface area contributed by atoms with Crippen molar-refractivity contribution in [1.82, 2.24) is 0 Å². The Hall–Kier alpha value is -2.20. The first-order valence-corrected chi connectivity index (χ1v) is 6.63. The third-order valence-corrected chi connectivity index (χ3v) is 3.52. The first kappa shape index (κ1) is 12.8. The number of rotatable bonds is 2. The molecule has 0 unspecified atom stereocenters. The van der Waals surface area contributed by atoms with E-state index in [9.17, 15) is 4.79 Å². The van der Waals surface area contributed by atoms with Crippen molar-refractivity contribution in [1.29, 1.82) is 0 Å². The van der Waals surface area contributed by atoms with Gasteiger partial charge in [-0.25, -0.2) is 0 Å². The van der Waals surface area contributed by atoms with Gasteiger partial charge in [-0.05, 0) is 42.0 Å². The maximum Gasteiger partial charge on any atom is 0.255 e. The molecule has 0 atom stereocenters. The van der Waals surface area contributed by atoms with Gasteiger partial charge in [-0.1, -0.05) is 11.6 Å². The van der Waals surface area contributed by atoms with Crippen LogP contribution in [0.4, 0.5) is 11.4 Å². The number of nitrogens with two attached hydrogens (primary N) is 1. The van der Waals surface area contributed by atoms with Gasteiger partial charge in [0.05, 0.1) is 17.3 Å². The Morgan fingerprint density at radius 3 is 2.95 bits per heavy atom. The van der Waals surface area contributed by atoms with E-state index >= 15 is 0 Å². The highest BCUT2D eigenvalue weighted by molar-refractivity contribution is 6.34. The fourth-order valence-corrected chi connectivity index (χ4v) is 2.33. The number of nitrogen functional groups attached to an aromatic ring is 1. The molecular weight excluding hydrogens is 276 g/mol. The van der Waals surface area contributed by atoms with E-state index in [1.165, 1.54) is 0 Å². The second kappa shape index (κ2) is 5.06. The molecule has 20 heavy (non-hydrogen) atoms. The summed E-state index contributed by atoms with van der Waals surface area (Å²) >= 11 is 6.03. The third-order valence-electron chi connectivity index (χ3n) is 3.19. The quantitative estimate of drug-likeness (QED) is 0.835. The summed E-state index contributed by atoms with van der Waals surface area (Å²) in [6, 6.07) is 10.4. The second-order valence-corrected chi connectivity index (χ2v) is 5.02. The Labute approximate surface area is 121 Å². The number of hydrogen-bond acceptors (Lipinski definition) is 3.